The van der Waals surface area contributed by atoms with Gasteiger partial charge in [-0.25, -0.2) is 9.97 Å². The molecule has 24 heavy (non-hydrogen) atoms. The number of rotatable bonds is 4. The Bertz CT molecular complexity index is 915. The van der Waals surface area contributed by atoms with Crippen molar-refractivity contribution >= 4 is 45.3 Å². The largest absolute Gasteiger partial charge is 0.312 e. The average Bonchev–Trinajstić information content (AvgIpc) is 3.13. The molecule has 0 spiro atoms. The molecule has 1 aliphatic rings. The van der Waals surface area contributed by atoms with E-state index in [1.54, 1.807) is 33.6 Å². The Balaban J connectivity index is 0.00000169. The summed E-state index contributed by atoms with van der Waals surface area (Å²) in [6.45, 7) is 4.55. The first-order chi connectivity index (χ1) is 11.2. The second-order valence-electron chi connectivity index (χ2n) is 5.82. The minimum absolute atomic E-state index is 0. The number of aromatic nitrogens is 3. The standard InChI is InChI=1S/C16H18N4OS2.ClH/c1-10-12(22-9-19-10)3-2-6-20-8-18-15-14(16(20)21)11-4-5-17-7-13(11)23-15;/h8-9,17H,2-7H2,1H3;1H. The molecule has 0 fully saturated rings. The van der Waals surface area contributed by atoms with Crippen LogP contribution >= 0.6 is 35.1 Å². The third-order valence-corrected chi connectivity index (χ3v) is 6.48. The summed E-state index contributed by atoms with van der Waals surface area (Å²) in [5, 5.41) is 4.21. The molecule has 3 aromatic heterocycles. The molecule has 0 bridgehead atoms. The van der Waals surface area contributed by atoms with Crippen LogP contribution in [0.5, 0.6) is 0 Å². The monoisotopic (exact) mass is 382 g/mol. The van der Waals surface area contributed by atoms with Crippen LogP contribution in [0.25, 0.3) is 10.2 Å². The number of nitrogens with zero attached hydrogens (tertiary/aromatic N) is 3. The Morgan fingerprint density at radius 3 is 3.04 bits per heavy atom. The van der Waals surface area contributed by atoms with Crippen LogP contribution in [0.4, 0.5) is 0 Å². The highest BCUT2D eigenvalue weighted by molar-refractivity contribution is 7.18. The van der Waals surface area contributed by atoms with E-state index < -0.39 is 0 Å². The van der Waals surface area contributed by atoms with Crippen molar-refractivity contribution < 1.29 is 0 Å². The molecule has 5 nitrogen and oxygen atoms in total. The lowest BCUT2D eigenvalue weighted by Crippen LogP contribution is -2.25. The second kappa shape index (κ2) is 7.31. The molecule has 128 valence electrons. The van der Waals surface area contributed by atoms with E-state index >= 15 is 0 Å². The smallest absolute Gasteiger partial charge is 0.262 e. The van der Waals surface area contributed by atoms with E-state index in [2.05, 4.69) is 15.3 Å². The molecular formula is C16H19ClN4OS2. The van der Waals surface area contributed by atoms with Gasteiger partial charge in [-0.2, -0.15) is 0 Å². The van der Waals surface area contributed by atoms with Gasteiger partial charge in [0.25, 0.3) is 5.56 Å². The molecule has 1 aliphatic heterocycles. The minimum atomic E-state index is 0. The first-order valence-electron chi connectivity index (χ1n) is 7.83. The summed E-state index contributed by atoms with van der Waals surface area (Å²) >= 11 is 3.34. The van der Waals surface area contributed by atoms with E-state index in [1.807, 2.05) is 12.4 Å². The maximum Gasteiger partial charge on any atom is 0.262 e. The molecule has 4 heterocycles. The molecule has 0 amide bonds. The zero-order valence-electron chi connectivity index (χ0n) is 13.4. The molecule has 0 saturated heterocycles. The van der Waals surface area contributed by atoms with Crippen molar-refractivity contribution in [1.29, 1.82) is 0 Å². The van der Waals surface area contributed by atoms with E-state index in [1.165, 1.54) is 15.3 Å². The van der Waals surface area contributed by atoms with E-state index in [-0.39, 0.29) is 18.0 Å². The van der Waals surface area contributed by atoms with Gasteiger partial charge >= 0.3 is 0 Å². The van der Waals surface area contributed by atoms with Crippen LogP contribution in [0.3, 0.4) is 0 Å². The summed E-state index contributed by atoms with van der Waals surface area (Å²) in [5.74, 6) is 0. The van der Waals surface area contributed by atoms with Gasteiger partial charge < -0.3 is 5.32 Å². The van der Waals surface area contributed by atoms with Crippen LogP contribution in [0.2, 0.25) is 0 Å². The first-order valence-corrected chi connectivity index (χ1v) is 9.53. The summed E-state index contributed by atoms with van der Waals surface area (Å²) in [6.07, 6.45) is 4.53. The zero-order chi connectivity index (χ0) is 15.8. The molecule has 0 unspecified atom stereocenters. The van der Waals surface area contributed by atoms with Gasteiger partial charge in [-0.3, -0.25) is 9.36 Å². The summed E-state index contributed by atoms with van der Waals surface area (Å²) in [4.78, 5) is 25.1. The van der Waals surface area contributed by atoms with E-state index in [0.29, 0.717) is 6.54 Å². The predicted molar refractivity (Wildman–Crippen MR) is 102 cm³/mol. The Morgan fingerprint density at radius 1 is 1.38 bits per heavy atom. The Hall–Kier alpha value is -1.28. The predicted octanol–water partition coefficient (Wildman–Crippen LogP) is 2.92. The third-order valence-electron chi connectivity index (χ3n) is 4.35. The highest BCUT2D eigenvalue weighted by Crippen LogP contribution is 2.29. The molecule has 0 radical (unpaired) electrons. The van der Waals surface area contributed by atoms with Crippen molar-refractivity contribution in [2.45, 2.75) is 39.3 Å². The number of thiazole rings is 1. The first kappa shape index (κ1) is 17.5. The molecule has 0 saturated carbocycles. The summed E-state index contributed by atoms with van der Waals surface area (Å²) in [7, 11) is 0. The van der Waals surface area contributed by atoms with Crippen molar-refractivity contribution in [3.63, 3.8) is 0 Å². The number of halogens is 1. The van der Waals surface area contributed by atoms with Crippen LogP contribution in [0.1, 0.15) is 27.4 Å². The van der Waals surface area contributed by atoms with Crippen LogP contribution in [-0.4, -0.2) is 21.1 Å². The lowest BCUT2D eigenvalue weighted by Gasteiger charge is -2.12. The summed E-state index contributed by atoms with van der Waals surface area (Å²) in [5.41, 5.74) is 4.33. The van der Waals surface area contributed by atoms with E-state index in [4.69, 9.17) is 0 Å². The van der Waals surface area contributed by atoms with Gasteiger partial charge in [0, 0.05) is 22.8 Å². The fraction of sp³-hybridized carbons (Fsp3) is 0.438. The van der Waals surface area contributed by atoms with Gasteiger partial charge in [0.05, 0.1) is 22.9 Å². The number of thiophene rings is 1. The van der Waals surface area contributed by atoms with Gasteiger partial charge in [0.1, 0.15) is 4.83 Å². The van der Waals surface area contributed by atoms with Crippen LogP contribution in [0, 0.1) is 6.92 Å². The fourth-order valence-corrected chi connectivity index (χ4v) is 5.06. The Labute approximate surface area is 154 Å². The third kappa shape index (κ3) is 3.13. The van der Waals surface area contributed by atoms with Gasteiger partial charge in [0.15, 0.2) is 0 Å². The molecule has 0 atom stereocenters. The van der Waals surface area contributed by atoms with Crippen molar-refractivity contribution in [3.05, 3.63) is 43.2 Å². The number of nitrogens with one attached hydrogen (secondary N) is 1. The maximum atomic E-state index is 12.8. The summed E-state index contributed by atoms with van der Waals surface area (Å²) < 4.78 is 1.77. The average molecular weight is 383 g/mol. The van der Waals surface area contributed by atoms with Crippen molar-refractivity contribution in [1.82, 2.24) is 19.9 Å². The lowest BCUT2D eigenvalue weighted by atomic mass is 10.1. The molecule has 3 aromatic rings. The molecule has 1 N–H and O–H groups in total. The maximum absolute atomic E-state index is 12.8. The lowest BCUT2D eigenvalue weighted by molar-refractivity contribution is 0.617. The van der Waals surface area contributed by atoms with Gasteiger partial charge in [0.2, 0.25) is 0 Å². The number of hydrogen-bond acceptors (Lipinski definition) is 6. The summed E-state index contributed by atoms with van der Waals surface area (Å²) in [6, 6.07) is 0. The molecule has 0 aromatic carbocycles. The van der Waals surface area contributed by atoms with Crippen LogP contribution in [-0.2, 0) is 25.9 Å². The SMILES string of the molecule is Cc1ncsc1CCCn1cnc2sc3c(c2c1=O)CCNC3.Cl. The van der Waals surface area contributed by atoms with Crippen molar-refractivity contribution in [2.75, 3.05) is 6.54 Å². The van der Waals surface area contributed by atoms with Crippen molar-refractivity contribution in [3.8, 4) is 0 Å². The Kier molecular flexibility index (Phi) is 5.34. The number of fused-ring (bicyclic) bond motifs is 3. The molecule has 4 rings (SSSR count). The van der Waals surface area contributed by atoms with Crippen LogP contribution < -0.4 is 10.9 Å². The number of aryl methyl sites for hydroxylation is 3. The zero-order valence-corrected chi connectivity index (χ0v) is 15.8. The Morgan fingerprint density at radius 2 is 2.25 bits per heavy atom. The normalized spacial score (nSPS) is 13.7. The van der Waals surface area contributed by atoms with Gasteiger partial charge in [-0.15, -0.1) is 35.1 Å². The highest BCUT2D eigenvalue weighted by Gasteiger charge is 2.19. The van der Waals surface area contributed by atoms with Crippen LogP contribution in [0.15, 0.2) is 16.6 Å². The molecular weight excluding hydrogens is 364 g/mol. The topological polar surface area (TPSA) is 59.8 Å². The molecule has 0 aliphatic carbocycles. The quantitative estimate of drug-likeness (QED) is 0.753. The fourth-order valence-electron chi connectivity index (χ4n) is 3.09. The van der Waals surface area contributed by atoms with E-state index in [9.17, 15) is 4.79 Å². The van der Waals surface area contributed by atoms with Crippen molar-refractivity contribution in [2.24, 2.45) is 0 Å². The minimum Gasteiger partial charge on any atom is -0.312 e. The van der Waals surface area contributed by atoms with Gasteiger partial charge in [-0.05, 0) is 38.3 Å². The van der Waals surface area contributed by atoms with Gasteiger partial charge in [-0.1, -0.05) is 0 Å². The van der Waals surface area contributed by atoms with E-state index in [0.717, 1.165) is 48.3 Å². The molecule has 8 heteroatoms. The second-order valence-corrected chi connectivity index (χ2v) is 7.84. The highest BCUT2D eigenvalue weighted by atomic mass is 35.5. The number of hydrogen-bond donors (Lipinski definition) is 1.